The van der Waals surface area contributed by atoms with E-state index < -0.39 is 12.6 Å². The summed E-state index contributed by atoms with van der Waals surface area (Å²) >= 11 is 0. The van der Waals surface area contributed by atoms with Crippen molar-refractivity contribution in [1.29, 1.82) is 0 Å². The van der Waals surface area contributed by atoms with Gasteiger partial charge in [-0.2, -0.15) is 13.2 Å². The first-order chi connectivity index (χ1) is 12.0. The molecule has 0 aromatic heterocycles. The molecule has 2 rings (SSSR count). The van der Waals surface area contributed by atoms with Crippen LogP contribution < -0.4 is 10.6 Å². The van der Waals surface area contributed by atoms with Crippen molar-refractivity contribution in [2.45, 2.75) is 44.9 Å². The fourth-order valence-electron chi connectivity index (χ4n) is 2.87. The number of alkyl halides is 3. The Bertz CT molecular complexity index is 540. The van der Waals surface area contributed by atoms with E-state index in [2.05, 4.69) is 44.8 Å². The summed E-state index contributed by atoms with van der Waals surface area (Å²) in [5, 5.41) is 5.71. The third-order valence-electron chi connectivity index (χ3n) is 4.26. The van der Waals surface area contributed by atoms with Crippen LogP contribution in [0, 0.1) is 0 Å². The van der Waals surface area contributed by atoms with Crippen LogP contribution in [-0.4, -0.2) is 43.7 Å². The van der Waals surface area contributed by atoms with Crippen molar-refractivity contribution in [3.63, 3.8) is 0 Å². The lowest BCUT2D eigenvalue weighted by molar-refractivity contribution is -0.132. The quantitative estimate of drug-likeness (QED) is 0.366. The summed E-state index contributed by atoms with van der Waals surface area (Å²) in [5.41, 5.74) is 2.36. The smallest absolute Gasteiger partial charge is 0.356 e. The third-order valence-corrected chi connectivity index (χ3v) is 4.26. The van der Waals surface area contributed by atoms with E-state index in [1.165, 1.54) is 37.9 Å². The van der Waals surface area contributed by atoms with E-state index in [0.29, 0.717) is 12.5 Å². The maximum Gasteiger partial charge on any atom is 0.390 e. The van der Waals surface area contributed by atoms with Gasteiger partial charge in [0, 0.05) is 26.7 Å². The zero-order chi connectivity index (χ0) is 18.1. The maximum absolute atomic E-state index is 12.2. The number of benzene rings is 1. The maximum atomic E-state index is 12.2. The van der Waals surface area contributed by atoms with Crippen molar-refractivity contribution < 1.29 is 13.2 Å². The van der Waals surface area contributed by atoms with Crippen LogP contribution in [0.2, 0.25) is 0 Å². The van der Waals surface area contributed by atoms with Gasteiger partial charge in [-0.05, 0) is 37.1 Å². The van der Waals surface area contributed by atoms with Crippen LogP contribution in [0.4, 0.5) is 13.2 Å². The molecule has 1 saturated heterocycles. The molecule has 1 heterocycles. The van der Waals surface area contributed by atoms with Gasteiger partial charge in [0.2, 0.25) is 0 Å². The van der Waals surface area contributed by atoms with Crippen LogP contribution in [0.5, 0.6) is 0 Å². The first kappa shape index (κ1) is 23.0. The summed E-state index contributed by atoms with van der Waals surface area (Å²) in [6.45, 7) is 3.66. The summed E-state index contributed by atoms with van der Waals surface area (Å²) in [6, 6.07) is 8.33. The molecule has 1 aliphatic rings. The van der Waals surface area contributed by atoms with Crippen molar-refractivity contribution in [2.24, 2.45) is 4.99 Å². The van der Waals surface area contributed by atoms with E-state index in [1.54, 1.807) is 7.05 Å². The second kappa shape index (κ2) is 11.6. The monoisotopic (exact) mass is 484 g/mol. The Labute approximate surface area is 170 Å². The lowest BCUT2D eigenvalue weighted by atomic mass is 10.1. The molecule has 0 bridgehead atoms. The average Bonchev–Trinajstić information content (AvgIpc) is 2.59. The molecule has 1 aromatic rings. The minimum absolute atomic E-state index is 0. The van der Waals surface area contributed by atoms with Crippen LogP contribution in [0.15, 0.2) is 29.3 Å². The van der Waals surface area contributed by atoms with E-state index in [1.807, 2.05) is 0 Å². The lowest BCUT2D eigenvalue weighted by Gasteiger charge is -2.26. The predicted molar refractivity (Wildman–Crippen MR) is 110 cm³/mol. The number of hydrogen-bond acceptors (Lipinski definition) is 2. The molecule has 0 atom stereocenters. The number of nitrogens with zero attached hydrogens (tertiary/aromatic N) is 2. The first-order valence-corrected chi connectivity index (χ1v) is 8.78. The summed E-state index contributed by atoms with van der Waals surface area (Å²) < 4.78 is 36.5. The fourth-order valence-corrected chi connectivity index (χ4v) is 2.87. The second-order valence-electron chi connectivity index (χ2n) is 6.37. The second-order valence-corrected chi connectivity index (χ2v) is 6.37. The molecule has 0 spiro atoms. The van der Waals surface area contributed by atoms with Gasteiger partial charge in [-0.15, -0.1) is 24.0 Å². The van der Waals surface area contributed by atoms with Crippen LogP contribution >= 0.6 is 24.0 Å². The van der Waals surface area contributed by atoms with E-state index in [4.69, 9.17) is 0 Å². The van der Waals surface area contributed by atoms with Gasteiger partial charge in [-0.1, -0.05) is 30.7 Å². The number of piperidine rings is 1. The van der Waals surface area contributed by atoms with Crippen LogP contribution in [0.1, 0.15) is 36.8 Å². The fraction of sp³-hybridized carbons (Fsp3) is 0.611. The molecule has 0 saturated carbocycles. The minimum Gasteiger partial charge on any atom is -0.356 e. The van der Waals surface area contributed by atoms with Crippen molar-refractivity contribution >= 4 is 29.9 Å². The molecule has 26 heavy (non-hydrogen) atoms. The minimum atomic E-state index is -4.16. The lowest BCUT2D eigenvalue weighted by Crippen LogP contribution is -2.38. The van der Waals surface area contributed by atoms with Gasteiger partial charge in [0.15, 0.2) is 5.96 Å². The molecule has 1 aromatic carbocycles. The molecule has 4 nitrogen and oxygen atoms in total. The van der Waals surface area contributed by atoms with Gasteiger partial charge in [0.1, 0.15) is 0 Å². The van der Waals surface area contributed by atoms with E-state index in [9.17, 15) is 13.2 Å². The summed E-state index contributed by atoms with van der Waals surface area (Å²) in [7, 11) is 1.55. The molecule has 0 amide bonds. The molecule has 0 aliphatic carbocycles. The molecule has 8 heteroatoms. The molecule has 1 fully saturated rings. The van der Waals surface area contributed by atoms with Crippen LogP contribution in [0.25, 0.3) is 0 Å². The van der Waals surface area contributed by atoms with Gasteiger partial charge in [0.05, 0.1) is 6.42 Å². The highest BCUT2D eigenvalue weighted by atomic mass is 127. The highest BCUT2D eigenvalue weighted by Crippen LogP contribution is 2.18. The van der Waals surface area contributed by atoms with Crippen molar-refractivity contribution in [3.8, 4) is 0 Å². The predicted octanol–water partition coefficient (Wildman–Crippen LogP) is 3.91. The number of nitrogens with one attached hydrogen (secondary N) is 2. The molecule has 0 radical (unpaired) electrons. The van der Waals surface area contributed by atoms with Crippen LogP contribution in [0.3, 0.4) is 0 Å². The van der Waals surface area contributed by atoms with E-state index >= 15 is 0 Å². The van der Waals surface area contributed by atoms with E-state index in [-0.39, 0.29) is 30.5 Å². The highest BCUT2D eigenvalue weighted by molar-refractivity contribution is 14.0. The SMILES string of the molecule is CN=C(NCCC(F)(F)F)NCc1ccc(CN2CCCCC2)cc1.I. The molecule has 1 aliphatic heterocycles. The van der Waals surface area contributed by atoms with Gasteiger partial charge in [-0.3, -0.25) is 9.89 Å². The van der Waals surface area contributed by atoms with Crippen molar-refractivity contribution in [1.82, 2.24) is 15.5 Å². The Morgan fingerprint density at radius 1 is 1.04 bits per heavy atom. The molecular weight excluding hydrogens is 456 g/mol. The molecular formula is C18H28F3IN4. The number of likely N-dealkylation sites (tertiary alicyclic amines) is 1. The summed E-state index contributed by atoms with van der Waals surface area (Å²) in [6.07, 6.45) is -1.14. The Morgan fingerprint density at radius 3 is 2.23 bits per heavy atom. The molecule has 148 valence electrons. The number of hydrogen-bond donors (Lipinski definition) is 2. The van der Waals surface area contributed by atoms with Crippen molar-refractivity contribution in [2.75, 3.05) is 26.7 Å². The van der Waals surface area contributed by atoms with Crippen LogP contribution in [-0.2, 0) is 13.1 Å². The Morgan fingerprint density at radius 2 is 1.65 bits per heavy atom. The molecule has 0 unspecified atom stereocenters. The first-order valence-electron chi connectivity index (χ1n) is 8.78. The van der Waals surface area contributed by atoms with Gasteiger partial charge >= 0.3 is 6.18 Å². The number of aliphatic imine (C=N–C) groups is 1. The number of guanidine groups is 1. The Kier molecular flexibility index (Phi) is 10.3. The molecule has 2 N–H and O–H groups in total. The highest BCUT2D eigenvalue weighted by Gasteiger charge is 2.26. The normalized spacial score (nSPS) is 16.1. The van der Waals surface area contributed by atoms with Gasteiger partial charge in [-0.25, -0.2) is 0 Å². The zero-order valence-electron chi connectivity index (χ0n) is 15.1. The zero-order valence-corrected chi connectivity index (χ0v) is 17.4. The number of halogens is 4. The summed E-state index contributed by atoms with van der Waals surface area (Å²) in [5.74, 6) is 0.377. The van der Waals surface area contributed by atoms with Gasteiger partial charge < -0.3 is 10.6 Å². The standard InChI is InChI=1S/C18H27F3N4.HI/c1-22-17(23-10-9-18(19,20)21)24-13-15-5-7-16(8-6-15)14-25-11-3-2-4-12-25;/h5-8H,2-4,9-14H2,1H3,(H2,22,23,24);1H. The Hall–Kier alpha value is -1.03. The topological polar surface area (TPSA) is 39.7 Å². The number of rotatable bonds is 6. The van der Waals surface area contributed by atoms with E-state index in [0.717, 1.165) is 12.1 Å². The Balaban J connectivity index is 0.00000338. The largest absolute Gasteiger partial charge is 0.390 e. The third kappa shape index (κ3) is 9.07. The van der Waals surface area contributed by atoms with Gasteiger partial charge in [0.25, 0.3) is 0 Å². The summed E-state index contributed by atoms with van der Waals surface area (Å²) in [4.78, 5) is 6.41. The van der Waals surface area contributed by atoms with Crippen molar-refractivity contribution in [3.05, 3.63) is 35.4 Å². The average molecular weight is 484 g/mol.